The number of nitrogens with one attached hydrogen (secondary N) is 1. The number of hydrogen-bond acceptors (Lipinski definition) is 4. The number of carbonyl (C=O) groups is 2. The fourth-order valence-electron chi connectivity index (χ4n) is 1.96. The van der Waals surface area contributed by atoms with E-state index in [4.69, 9.17) is 15.2 Å². The summed E-state index contributed by atoms with van der Waals surface area (Å²) < 4.78 is 23.8. The zero-order chi connectivity index (χ0) is 17.7. The van der Waals surface area contributed by atoms with Crippen molar-refractivity contribution in [2.45, 2.75) is 6.92 Å². The van der Waals surface area contributed by atoms with Crippen molar-refractivity contribution < 1.29 is 23.5 Å². The first kappa shape index (κ1) is 17.3. The second kappa shape index (κ2) is 7.45. The van der Waals surface area contributed by atoms with Crippen LogP contribution in [-0.4, -0.2) is 25.5 Å². The molecule has 0 bridgehead atoms. The van der Waals surface area contributed by atoms with E-state index in [1.165, 1.54) is 25.3 Å². The minimum atomic E-state index is -0.686. The number of halogens is 1. The lowest BCUT2D eigenvalue weighted by atomic mass is 10.2. The number of methoxy groups -OCH3 is 1. The zero-order valence-electron chi connectivity index (χ0n) is 13.3. The SMILES string of the molecule is COc1ccc(C(N)=O)c(OCC(=O)Nc2ccc(C)c(F)c2)c1. The van der Waals surface area contributed by atoms with Gasteiger partial charge in [0.15, 0.2) is 6.61 Å². The average molecular weight is 332 g/mol. The quantitative estimate of drug-likeness (QED) is 0.849. The van der Waals surface area contributed by atoms with Crippen molar-refractivity contribution in [2.24, 2.45) is 5.73 Å². The highest BCUT2D eigenvalue weighted by molar-refractivity contribution is 5.96. The largest absolute Gasteiger partial charge is 0.497 e. The Bertz CT molecular complexity index is 777. The summed E-state index contributed by atoms with van der Waals surface area (Å²) in [6.07, 6.45) is 0. The molecule has 0 aliphatic heterocycles. The molecule has 0 radical (unpaired) electrons. The number of aryl methyl sites for hydroxylation is 1. The fraction of sp³-hybridized carbons (Fsp3) is 0.176. The number of primary amides is 1. The molecule has 0 spiro atoms. The number of hydrogen-bond donors (Lipinski definition) is 2. The van der Waals surface area contributed by atoms with Crippen molar-refractivity contribution in [1.82, 2.24) is 0 Å². The van der Waals surface area contributed by atoms with Gasteiger partial charge in [-0.15, -0.1) is 0 Å². The first-order valence-corrected chi connectivity index (χ1v) is 7.07. The predicted octanol–water partition coefficient (Wildman–Crippen LogP) is 2.26. The van der Waals surface area contributed by atoms with Crippen molar-refractivity contribution >= 4 is 17.5 Å². The van der Waals surface area contributed by atoms with Crippen LogP contribution in [0.5, 0.6) is 11.5 Å². The molecule has 0 fully saturated rings. The van der Waals surface area contributed by atoms with E-state index in [1.54, 1.807) is 25.1 Å². The first-order valence-electron chi connectivity index (χ1n) is 7.07. The molecule has 6 nitrogen and oxygen atoms in total. The van der Waals surface area contributed by atoms with Gasteiger partial charge < -0.3 is 20.5 Å². The second-order valence-electron chi connectivity index (χ2n) is 5.03. The van der Waals surface area contributed by atoms with Gasteiger partial charge >= 0.3 is 0 Å². The summed E-state index contributed by atoms with van der Waals surface area (Å²) in [4.78, 5) is 23.3. The Hall–Kier alpha value is -3.09. The summed E-state index contributed by atoms with van der Waals surface area (Å²) in [5.41, 5.74) is 6.19. The number of anilines is 1. The Morgan fingerprint density at radius 1 is 1.21 bits per heavy atom. The van der Waals surface area contributed by atoms with Crippen LogP contribution in [0.4, 0.5) is 10.1 Å². The number of ether oxygens (including phenoxy) is 2. The van der Waals surface area contributed by atoms with Crippen molar-refractivity contribution in [3.05, 3.63) is 53.3 Å². The van der Waals surface area contributed by atoms with Gasteiger partial charge in [-0.05, 0) is 36.8 Å². The second-order valence-corrected chi connectivity index (χ2v) is 5.03. The van der Waals surface area contributed by atoms with Crippen LogP contribution in [-0.2, 0) is 4.79 Å². The summed E-state index contributed by atoms with van der Waals surface area (Å²) in [6.45, 7) is 1.25. The van der Waals surface area contributed by atoms with E-state index < -0.39 is 17.6 Å². The molecule has 126 valence electrons. The maximum atomic E-state index is 13.5. The average Bonchev–Trinajstić information content (AvgIpc) is 2.56. The third-order valence-corrected chi connectivity index (χ3v) is 3.27. The smallest absolute Gasteiger partial charge is 0.262 e. The fourth-order valence-corrected chi connectivity index (χ4v) is 1.96. The summed E-state index contributed by atoms with van der Waals surface area (Å²) in [7, 11) is 1.46. The van der Waals surface area contributed by atoms with E-state index >= 15 is 0 Å². The highest BCUT2D eigenvalue weighted by Gasteiger charge is 2.13. The number of nitrogens with two attached hydrogens (primary N) is 1. The molecule has 0 saturated heterocycles. The lowest BCUT2D eigenvalue weighted by Crippen LogP contribution is -2.21. The van der Waals surface area contributed by atoms with Crippen molar-refractivity contribution in [3.8, 4) is 11.5 Å². The van der Waals surface area contributed by atoms with E-state index in [1.807, 2.05) is 0 Å². The van der Waals surface area contributed by atoms with Crippen LogP contribution in [0.3, 0.4) is 0 Å². The minimum absolute atomic E-state index is 0.130. The molecule has 0 aromatic heterocycles. The zero-order valence-corrected chi connectivity index (χ0v) is 13.3. The number of rotatable bonds is 6. The van der Waals surface area contributed by atoms with Crippen LogP contribution in [0.1, 0.15) is 15.9 Å². The van der Waals surface area contributed by atoms with Gasteiger partial charge in [0.05, 0.1) is 12.7 Å². The van der Waals surface area contributed by atoms with Gasteiger partial charge in [0, 0.05) is 11.8 Å². The Morgan fingerprint density at radius 2 is 1.96 bits per heavy atom. The van der Waals surface area contributed by atoms with E-state index in [-0.39, 0.29) is 17.9 Å². The molecule has 2 rings (SSSR count). The molecule has 0 aliphatic rings. The molecule has 7 heteroatoms. The third kappa shape index (κ3) is 4.22. The van der Waals surface area contributed by atoms with Crippen LogP contribution in [0.15, 0.2) is 36.4 Å². The van der Waals surface area contributed by atoms with E-state index in [9.17, 15) is 14.0 Å². The highest BCUT2D eigenvalue weighted by Crippen LogP contribution is 2.24. The van der Waals surface area contributed by atoms with Crippen molar-refractivity contribution in [1.29, 1.82) is 0 Å². The lowest BCUT2D eigenvalue weighted by Gasteiger charge is -2.11. The monoisotopic (exact) mass is 332 g/mol. The molecular formula is C17H17FN2O4. The van der Waals surface area contributed by atoms with Gasteiger partial charge in [0.25, 0.3) is 11.8 Å². The normalized spacial score (nSPS) is 10.1. The summed E-state index contributed by atoms with van der Waals surface area (Å²) in [5.74, 6) is -1.02. The molecule has 2 aromatic carbocycles. The topological polar surface area (TPSA) is 90.7 Å². The van der Waals surface area contributed by atoms with E-state index in [0.717, 1.165) is 0 Å². The van der Waals surface area contributed by atoms with Gasteiger partial charge in [-0.3, -0.25) is 9.59 Å². The molecule has 0 unspecified atom stereocenters. The molecule has 2 amide bonds. The van der Waals surface area contributed by atoms with Crippen LogP contribution < -0.4 is 20.5 Å². The van der Waals surface area contributed by atoms with Gasteiger partial charge in [0.1, 0.15) is 17.3 Å². The molecule has 2 aromatic rings. The van der Waals surface area contributed by atoms with Crippen LogP contribution in [0.25, 0.3) is 0 Å². The van der Waals surface area contributed by atoms with E-state index in [2.05, 4.69) is 5.32 Å². The number of amides is 2. The van der Waals surface area contributed by atoms with E-state index in [0.29, 0.717) is 17.0 Å². The molecular weight excluding hydrogens is 315 g/mol. The van der Waals surface area contributed by atoms with Gasteiger partial charge in [-0.25, -0.2) is 4.39 Å². The molecule has 0 saturated carbocycles. The molecule has 0 aliphatic carbocycles. The predicted molar refractivity (Wildman–Crippen MR) is 86.8 cm³/mol. The van der Waals surface area contributed by atoms with Crippen molar-refractivity contribution in [3.63, 3.8) is 0 Å². The standard InChI is InChI=1S/C17H17FN2O4/c1-10-3-4-11(7-14(10)18)20-16(21)9-24-15-8-12(23-2)5-6-13(15)17(19)22/h3-8H,9H2,1-2H3,(H2,19,22)(H,20,21). The van der Waals surface area contributed by atoms with Crippen molar-refractivity contribution in [2.75, 3.05) is 19.0 Å². The van der Waals surface area contributed by atoms with Gasteiger partial charge in [-0.1, -0.05) is 6.07 Å². The number of benzene rings is 2. The highest BCUT2D eigenvalue weighted by atomic mass is 19.1. The maximum Gasteiger partial charge on any atom is 0.262 e. The maximum absolute atomic E-state index is 13.5. The molecule has 3 N–H and O–H groups in total. The lowest BCUT2D eigenvalue weighted by molar-refractivity contribution is -0.118. The third-order valence-electron chi connectivity index (χ3n) is 3.27. The summed E-state index contributed by atoms with van der Waals surface area (Å²) in [6, 6.07) is 8.81. The molecule has 0 atom stereocenters. The first-order chi connectivity index (χ1) is 11.4. The Balaban J connectivity index is 2.05. The number of carbonyl (C=O) groups excluding carboxylic acids is 2. The Labute approximate surface area is 138 Å². The minimum Gasteiger partial charge on any atom is -0.497 e. The van der Waals surface area contributed by atoms with Crippen LogP contribution >= 0.6 is 0 Å². The summed E-state index contributed by atoms with van der Waals surface area (Å²) >= 11 is 0. The Morgan fingerprint density at radius 3 is 2.58 bits per heavy atom. The Kier molecular flexibility index (Phi) is 5.36. The van der Waals surface area contributed by atoms with Gasteiger partial charge in [0.2, 0.25) is 0 Å². The van der Waals surface area contributed by atoms with Gasteiger partial charge in [-0.2, -0.15) is 0 Å². The molecule has 24 heavy (non-hydrogen) atoms. The summed E-state index contributed by atoms with van der Waals surface area (Å²) in [5, 5.41) is 2.51. The van der Waals surface area contributed by atoms with Crippen LogP contribution in [0, 0.1) is 12.7 Å². The van der Waals surface area contributed by atoms with Crippen LogP contribution in [0.2, 0.25) is 0 Å². The molecule has 0 heterocycles.